The zero-order valence-electron chi connectivity index (χ0n) is 79.8. The minimum absolute atomic E-state index is 0.168. The maximum Gasteiger partial charge on any atom is 0.187 e. The van der Waals surface area contributed by atoms with Crippen LogP contribution in [-0.2, 0) is 31.1 Å². The molecule has 696 valence electrons. The molecule has 0 spiro atoms. The Bertz CT molecular complexity index is 7330. The fraction of sp³-hybridized carbons (Fsp3) is 0.150. The predicted molar refractivity (Wildman–Crippen MR) is 605 cm³/mol. The highest BCUT2D eigenvalue weighted by molar-refractivity contribution is 7.17. The SMILES string of the molecule is CC(C)(C)c1ccc(-c2csc(Nc3cccc4ccccc34)n2)cc1.CCCc1sc(Nc2ccc(C)cc2)nc1-c1ccccc1.CCCc1sc(Nc2ccc(Cl)cc2)nc1-c1ccccc1.CCCc1sc(Nc2cccc(C)c2)nc1-c1ccccc1.CCc1ccc(-c2csc(Nc3cccc4ccccc34)n2)cc1.Cc1ccc(-c2csc(Nc3cccc4ccccc34)n2)cc1. The Kier molecular flexibility index (Phi) is 34.1. The first kappa shape index (κ1) is 98.0. The van der Waals surface area contributed by atoms with Gasteiger partial charge in [-0.1, -0.05) is 388 Å². The number of rotatable bonds is 25. The van der Waals surface area contributed by atoms with Gasteiger partial charge in [0.25, 0.3) is 0 Å². The highest BCUT2D eigenvalue weighted by Gasteiger charge is 2.20. The van der Waals surface area contributed by atoms with E-state index in [9.17, 15) is 0 Å². The molecular formula is C120H113ClN12S6. The minimum atomic E-state index is 0.168. The molecule has 0 aliphatic rings. The molecule has 6 N–H and O–H groups in total. The Labute approximate surface area is 846 Å². The molecule has 15 aromatic carbocycles. The average molecular weight is 1950 g/mol. The Morgan fingerprint density at radius 2 is 0.590 bits per heavy atom. The molecular weight excluding hydrogens is 1840 g/mol. The first-order valence-electron chi connectivity index (χ1n) is 47.1. The fourth-order valence-corrected chi connectivity index (χ4v) is 21.3. The van der Waals surface area contributed by atoms with Crippen LogP contribution in [0.1, 0.15) is 110 Å². The number of halogens is 1. The summed E-state index contributed by atoms with van der Waals surface area (Å²) >= 11 is 16.1. The van der Waals surface area contributed by atoms with Crippen molar-refractivity contribution in [2.75, 3.05) is 31.9 Å². The average Bonchev–Trinajstić information content (AvgIpc) is 1.69. The number of benzene rings is 15. The fourth-order valence-electron chi connectivity index (χ4n) is 15.6. The van der Waals surface area contributed by atoms with Crippen molar-refractivity contribution in [2.24, 2.45) is 0 Å². The summed E-state index contributed by atoms with van der Waals surface area (Å²) in [7, 11) is 0. The number of aromatic nitrogens is 6. The molecule has 0 aliphatic carbocycles. The summed E-state index contributed by atoms with van der Waals surface area (Å²) in [5.41, 5.74) is 26.5. The number of nitrogens with zero attached hydrogens (tertiary/aromatic N) is 6. The van der Waals surface area contributed by atoms with Gasteiger partial charge in [-0.2, -0.15) is 0 Å². The number of nitrogens with one attached hydrogen (secondary N) is 6. The summed E-state index contributed by atoms with van der Waals surface area (Å²) in [5, 5.41) is 40.6. The third kappa shape index (κ3) is 27.1. The van der Waals surface area contributed by atoms with Crippen LogP contribution in [0, 0.1) is 20.8 Å². The molecule has 139 heavy (non-hydrogen) atoms. The molecule has 19 heteroatoms. The van der Waals surface area contributed by atoms with E-state index in [-0.39, 0.29) is 5.41 Å². The lowest BCUT2D eigenvalue weighted by molar-refractivity contribution is 0.590. The van der Waals surface area contributed by atoms with Crippen LogP contribution in [-0.4, -0.2) is 29.9 Å². The van der Waals surface area contributed by atoms with Crippen molar-refractivity contribution < 1.29 is 0 Å². The molecule has 12 nitrogen and oxygen atoms in total. The quantitative estimate of drug-likeness (QED) is 0.0323. The van der Waals surface area contributed by atoms with Gasteiger partial charge in [-0.25, -0.2) is 29.9 Å². The molecule has 0 saturated heterocycles. The van der Waals surface area contributed by atoms with Gasteiger partial charge in [0.2, 0.25) is 0 Å². The van der Waals surface area contributed by atoms with Gasteiger partial charge in [-0.15, -0.1) is 68.0 Å². The van der Waals surface area contributed by atoms with Crippen molar-refractivity contribution in [1.82, 2.24) is 29.9 Å². The molecule has 0 unspecified atom stereocenters. The molecule has 21 aromatic rings. The van der Waals surface area contributed by atoms with E-state index in [1.165, 1.54) is 91.5 Å². The van der Waals surface area contributed by atoms with Gasteiger partial charge in [-0.05, 0) is 151 Å². The maximum absolute atomic E-state index is 5.92. The second-order valence-electron chi connectivity index (χ2n) is 34.7. The number of anilines is 12. The van der Waals surface area contributed by atoms with E-state index in [1.807, 2.05) is 42.5 Å². The zero-order valence-corrected chi connectivity index (χ0v) is 85.5. The standard InChI is InChI=1S/C23H22N2S.C21H18N2S.C20H16N2S.2C19H20N2S.C18H17ClN2S/c1-23(2,3)18-13-11-17(12-14-18)21-15-26-22(25-21)24-20-10-6-8-16-7-4-5-9-19(16)20;1-2-15-10-12-17(13-11-15)20-14-24-21(23-20)22-19-9-5-7-16-6-3-4-8-18(16)19;1-14-9-11-16(12-10-14)19-13-23-20(22-19)21-18-8-4-6-15-5-2-3-7-17(15)18;1-3-8-17-18(15-10-5-4-6-11-15)21-19(22-17)20-16-12-7-9-14(2)13-16;1-3-7-17-18(15-8-5-4-6-9-15)21-19(22-17)20-16-12-10-14(2)11-13-16;1-2-6-16-17(13-7-4-3-5-8-13)21-18(22-16)20-15-11-9-14(19)10-12-15/h4-15H,1-3H3,(H,24,25);3-14H,2H2,1H3,(H,22,23);2-13H,1H3,(H,21,22);4-7,9-13H,3,8H2,1-2H3,(H,20,21);4-6,8-13H,3,7H2,1-2H3,(H,20,21);3-5,7-12H,2,6H2,1H3,(H,20,21). The Morgan fingerprint density at radius 3 is 0.942 bits per heavy atom. The van der Waals surface area contributed by atoms with E-state index in [4.69, 9.17) is 41.5 Å². The molecule has 21 rings (SSSR count). The number of hydrogen-bond donors (Lipinski definition) is 6. The van der Waals surface area contributed by atoms with Crippen LogP contribution >= 0.6 is 79.6 Å². The highest BCUT2D eigenvalue weighted by Crippen LogP contribution is 2.41. The van der Waals surface area contributed by atoms with Gasteiger partial charge >= 0.3 is 0 Å². The van der Waals surface area contributed by atoms with E-state index in [1.54, 1.807) is 68.0 Å². The van der Waals surface area contributed by atoms with Crippen molar-refractivity contribution >= 4 is 177 Å². The maximum atomic E-state index is 5.92. The van der Waals surface area contributed by atoms with Crippen molar-refractivity contribution in [2.45, 2.75) is 120 Å². The summed E-state index contributed by atoms with van der Waals surface area (Å²) in [6.45, 7) is 21.8. The van der Waals surface area contributed by atoms with E-state index in [0.717, 1.165) is 166 Å². The van der Waals surface area contributed by atoms with Crippen molar-refractivity contribution in [1.29, 1.82) is 0 Å². The predicted octanol–water partition coefficient (Wildman–Crippen LogP) is 37.1. The second-order valence-corrected chi connectivity index (χ2v) is 40.9. The molecule has 0 atom stereocenters. The lowest BCUT2D eigenvalue weighted by atomic mass is 9.86. The zero-order chi connectivity index (χ0) is 96.2. The molecule has 6 aromatic heterocycles. The third-order valence-electron chi connectivity index (χ3n) is 23.0. The summed E-state index contributed by atoms with van der Waals surface area (Å²) in [5.74, 6) is 0. The summed E-state index contributed by atoms with van der Waals surface area (Å²) in [6.07, 6.45) is 7.62. The molecule has 0 bridgehead atoms. The topological polar surface area (TPSA) is 150 Å². The van der Waals surface area contributed by atoms with E-state index >= 15 is 0 Å². The van der Waals surface area contributed by atoms with Gasteiger partial charge in [0.1, 0.15) is 0 Å². The van der Waals surface area contributed by atoms with Crippen LogP contribution in [0.3, 0.4) is 0 Å². The van der Waals surface area contributed by atoms with Crippen LogP contribution in [0.25, 0.3) is 99.9 Å². The largest absolute Gasteiger partial charge is 0.332 e. The third-order valence-corrected chi connectivity index (χ3v) is 28.6. The van der Waals surface area contributed by atoms with Crippen molar-refractivity contribution in [3.8, 4) is 67.5 Å². The van der Waals surface area contributed by atoms with Crippen LogP contribution in [0.4, 0.5) is 64.9 Å². The first-order chi connectivity index (χ1) is 67.9. The number of fused-ring (bicyclic) bond motifs is 3. The monoisotopic (exact) mass is 1950 g/mol. The van der Waals surface area contributed by atoms with Crippen LogP contribution in [0.5, 0.6) is 0 Å². The van der Waals surface area contributed by atoms with E-state index in [0.29, 0.717) is 0 Å². The van der Waals surface area contributed by atoms with Gasteiger partial charge < -0.3 is 31.9 Å². The van der Waals surface area contributed by atoms with Gasteiger partial charge in [0.05, 0.1) is 34.2 Å². The Balaban J connectivity index is 0.000000121. The first-order valence-corrected chi connectivity index (χ1v) is 52.6. The second kappa shape index (κ2) is 48.3. The number of aryl methyl sites for hydroxylation is 7. The lowest BCUT2D eigenvalue weighted by Crippen LogP contribution is -2.10. The Morgan fingerprint density at radius 1 is 0.273 bits per heavy atom. The van der Waals surface area contributed by atoms with Gasteiger partial charge in [0, 0.05) is 119 Å². The van der Waals surface area contributed by atoms with Crippen LogP contribution < -0.4 is 31.9 Å². The smallest absolute Gasteiger partial charge is 0.187 e. The molecule has 0 radical (unpaired) electrons. The number of thiazole rings is 6. The molecule has 0 saturated carbocycles. The summed E-state index contributed by atoms with van der Waals surface area (Å²) < 4.78 is 0. The van der Waals surface area contributed by atoms with E-state index in [2.05, 4.69) is 439 Å². The minimum Gasteiger partial charge on any atom is -0.332 e. The Hall–Kier alpha value is -14.1. The molecule has 0 amide bonds. The molecule has 0 aliphatic heterocycles. The van der Waals surface area contributed by atoms with Crippen molar-refractivity contribution in [3.05, 3.63) is 428 Å². The van der Waals surface area contributed by atoms with Crippen molar-refractivity contribution in [3.63, 3.8) is 0 Å². The summed E-state index contributed by atoms with van der Waals surface area (Å²) in [4.78, 5) is 32.7. The van der Waals surface area contributed by atoms with E-state index < -0.39 is 0 Å². The number of hydrogen-bond acceptors (Lipinski definition) is 18. The molecule has 6 heterocycles. The normalized spacial score (nSPS) is 10.9. The molecule has 0 fully saturated rings. The van der Waals surface area contributed by atoms with Crippen LogP contribution in [0.2, 0.25) is 5.02 Å². The highest BCUT2D eigenvalue weighted by atomic mass is 35.5. The van der Waals surface area contributed by atoms with Crippen LogP contribution in [0.15, 0.2) is 380 Å². The summed E-state index contributed by atoms with van der Waals surface area (Å²) in [6, 6.07) is 126. The lowest BCUT2D eigenvalue weighted by Gasteiger charge is -2.18. The van der Waals surface area contributed by atoms with Gasteiger partial charge in [0.15, 0.2) is 30.8 Å². The van der Waals surface area contributed by atoms with Gasteiger partial charge in [-0.3, -0.25) is 0 Å².